The fourth-order valence-corrected chi connectivity index (χ4v) is 3.92. The third-order valence-electron chi connectivity index (χ3n) is 5.56. The van der Waals surface area contributed by atoms with Gasteiger partial charge in [-0.1, -0.05) is 18.2 Å². The molecule has 1 aliphatic rings. The Bertz CT molecular complexity index is 897. The van der Waals surface area contributed by atoms with Gasteiger partial charge >= 0.3 is 0 Å². The standard InChI is InChI=1S/C23H35N7O/c1-5-25-23(27-20-10-12-29(13-11-20)16-22(31)24-4)26-15-19-8-6-7-9-21(19)30-18(3)14-17(2)28-30/h6-9,14,20H,5,10-13,15-16H2,1-4H3,(H,24,31)(H2,25,26,27). The Morgan fingerprint density at radius 1 is 1.23 bits per heavy atom. The van der Waals surface area contributed by atoms with Gasteiger partial charge in [0.25, 0.3) is 0 Å². The number of likely N-dealkylation sites (tertiary alicyclic amines) is 1. The molecule has 1 saturated heterocycles. The van der Waals surface area contributed by atoms with Gasteiger partial charge in [0.05, 0.1) is 24.5 Å². The van der Waals surface area contributed by atoms with Crippen molar-refractivity contribution in [2.45, 2.75) is 46.2 Å². The second-order valence-electron chi connectivity index (χ2n) is 8.03. The van der Waals surface area contributed by atoms with Crippen LogP contribution in [0.25, 0.3) is 5.69 Å². The summed E-state index contributed by atoms with van der Waals surface area (Å²) in [6.45, 7) is 9.82. The number of carbonyl (C=O) groups excluding carboxylic acids is 1. The molecule has 1 amide bonds. The normalized spacial score (nSPS) is 15.7. The number of aliphatic imine (C=N–C) groups is 1. The molecule has 0 spiro atoms. The van der Waals surface area contributed by atoms with Crippen molar-refractivity contribution < 1.29 is 4.79 Å². The van der Waals surface area contributed by atoms with Crippen molar-refractivity contribution in [2.24, 2.45) is 4.99 Å². The van der Waals surface area contributed by atoms with E-state index in [-0.39, 0.29) is 5.91 Å². The Labute approximate surface area is 185 Å². The number of aryl methyl sites for hydroxylation is 2. The number of para-hydroxylation sites is 1. The van der Waals surface area contributed by atoms with Crippen LogP contribution in [0, 0.1) is 13.8 Å². The Morgan fingerprint density at radius 3 is 2.61 bits per heavy atom. The number of hydrogen-bond acceptors (Lipinski definition) is 4. The van der Waals surface area contributed by atoms with Crippen LogP contribution in [0.2, 0.25) is 0 Å². The molecule has 0 radical (unpaired) electrons. The molecule has 8 nitrogen and oxygen atoms in total. The van der Waals surface area contributed by atoms with E-state index < -0.39 is 0 Å². The summed E-state index contributed by atoms with van der Waals surface area (Å²) in [4.78, 5) is 18.6. The van der Waals surface area contributed by atoms with Gasteiger partial charge in [0, 0.05) is 38.4 Å². The molecule has 2 heterocycles. The SMILES string of the molecule is CCNC(=NCc1ccccc1-n1nc(C)cc1C)NC1CCN(CC(=O)NC)CC1. The van der Waals surface area contributed by atoms with Gasteiger partial charge < -0.3 is 16.0 Å². The summed E-state index contributed by atoms with van der Waals surface area (Å²) < 4.78 is 1.99. The second kappa shape index (κ2) is 10.9. The van der Waals surface area contributed by atoms with Crippen LogP contribution in [-0.2, 0) is 11.3 Å². The molecular formula is C23H35N7O. The van der Waals surface area contributed by atoms with E-state index >= 15 is 0 Å². The fourth-order valence-electron chi connectivity index (χ4n) is 3.92. The first-order valence-corrected chi connectivity index (χ1v) is 11.1. The van der Waals surface area contributed by atoms with Gasteiger partial charge in [0.1, 0.15) is 0 Å². The maximum absolute atomic E-state index is 11.6. The summed E-state index contributed by atoms with van der Waals surface area (Å²) in [6, 6.07) is 10.7. The van der Waals surface area contributed by atoms with Crippen molar-refractivity contribution in [1.82, 2.24) is 30.6 Å². The average Bonchev–Trinajstić information content (AvgIpc) is 3.11. The Hall–Kier alpha value is -2.87. The van der Waals surface area contributed by atoms with Gasteiger partial charge in [-0.2, -0.15) is 5.10 Å². The number of guanidine groups is 1. The number of benzene rings is 1. The summed E-state index contributed by atoms with van der Waals surface area (Å²) in [5.41, 5.74) is 4.32. The lowest BCUT2D eigenvalue weighted by Crippen LogP contribution is -2.50. The molecule has 0 saturated carbocycles. The van der Waals surface area contributed by atoms with Gasteiger partial charge in [-0.15, -0.1) is 0 Å². The minimum absolute atomic E-state index is 0.0718. The summed E-state index contributed by atoms with van der Waals surface area (Å²) in [5, 5.41) is 14.3. The van der Waals surface area contributed by atoms with E-state index in [4.69, 9.17) is 4.99 Å². The molecule has 0 unspecified atom stereocenters. The molecule has 2 aromatic rings. The number of carbonyl (C=O) groups is 1. The van der Waals surface area contributed by atoms with Crippen molar-refractivity contribution >= 4 is 11.9 Å². The highest BCUT2D eigenvalue weighted by molar-refractivity contribution is 5.80. The van der Waals surface area contributed by atoms with Crippen LogP contribution in [0.15, 0.2) is 35.3 Å². The Morgan fingerprint density at radius 2 is 1.97 bits per heavy atom. The topological polar surface area (TPSA) is 86.6 Å². The van der Waals surface area contributed by atoms with Crippen molar-refractivity contribution in [3.05, 3.63) is 47.3 Å². The van der Waals surface area contributed by atoms with E-state index in [0.29, 0.717) is 19.1 Å². The number of likely N-dealkylation sites (N-methyl/N-ethyl adjacent to an activating group) is 1. The van der Waals surface area contributed by atoms with E-state index in [1.165, 1.54) is 0 Å². The zero-order valence-electron chi connectivity index (χ0n) is 19.1. The van der Waals surface area contributed by atoms with Gasteiger partial charge in [-0.05, 0) is 51.3 Å². The summed E-state index contributed by atoms with van der Waals surface area (Å²) in [6.07, 6.45) is 1.98. The van der Waals surface area contributed by atoms with E-state index in [2.05, 4.69) is 58.0 Å². The van der Waals surface area contributed by atoms with E-state index in [1.807, 2.05) is 23.7 Å². The highest BCUT2D eigenvalue weighted by Gasteiger charge is 2.21. The molecule has 0 atom stereocenters. The second-order valence-corrected chi connectivity index (χ2v) is 8.03. The summed E-state index contributed by atoms with van der Waals surface area (Å²) in [7, 11) is 1.68. The van der Waals surface area contributed by atoms with Crippen LogP contribution in [0.4, 0.5) is 0 Å². The molecule has 1 aromatic carbocycles. The van der Waals surface area contributed by atoms with Crippen LogP contribution in [0.3, 0.4) is 0 Å². The third kappa shape index (κ3) is 6.30. The largest absolute Gasteiger partial charge is 0.358 e. The fraction of sp³-hybridized carbons (Fsp3) is 0.522. The maximum Gasteiger partial charge on any atom is 0.233 e. The first-order chi connectivity index (χ1) is 15.0. The zero-order chi connectivity index (χ0) is 22.2. The molecule has 8 heteroatoms. The lowest BCUT2D eigenvalue weighted by atomic mass is 10.1. The van der Waals surface area contributed by atoms with E-state index in [9.17, 15) is 4.79 Å². The lowest BCUT2D eigenvalue weighted by molar-refractivity contribution is -0.122. The third-order valence-corrected chi connectivity index (χ3v) is 5.56. The zero-order valence-corrected chi connectivity index (χ0v) is 19.1. The summed E-state index contributed by atoms with van der Waals surface area (Å²) in [5.74, 6) is 0.901. The minimum Gasteiger partial charge on any atom is -0.358 e. The number of nitrogens with one attached hydrogen (secondary N) is 3. The highest BCUT2D eigenvalue weighted by atomic mass is 16.1. The first-order valence-electron chi connectivity index (χ1n) is 11.1. The maximum atomic E-state index is 11.6. The predicted octanol–water partition coefficient (Wildman–Crippen LogP) is 1.75. The van der Waals surface area contributed by atoms with Crippen LogP contribution in [-0.4, -0.2) is 65.8 Å². The molecule has 1 aliphatic heterocycles. The average molecular weight is 426 g/mol. The molecule has 3 N–H and O–H groups in total. The van der Waals surface area contributed by atoms with Crippen molar-refractivity contribution in [3.63, 3.8) is 0 Å². The number of amides is 1. The molecule has 1 aromatic heterocycles. The highest BCUT2D eigenvalue weighted by Crippen LogP contribution is 2.18. The van der Waals surface area contributed by atoms with Gasteiger partial charge in [-0.25, -0.2) is 9.67 Å². The number of piperidine rings is 1. The molecule has 0 aliphatic carbocycles. The predicted molar refractivity (Wildman–Crippen MR) is 125 cm³/mol. The minimum atomic E-state index is 0.0718. The van der Waals surface area contributed by atoms with Gasteiger partial charge in [-0.3, -0.25) is 9.69 Å². The lowest BCUT2D eigenvalue weighted by Gasteiger charge is -2.32. The molecule has 0 bridgehead atoms. The molecule has 168 valence electrons. The summed E-state index contributed by atoms with van der Waals surface area (Å²) >= 11 is 0. The van der Waals surface area contributed by atoms with Gasteiger partial charge in [0.15, 0.2) is 5.96 Å². The molecular weight excluding hydrogens is 390 g/mol. The van der Waals surface area contributed by atoms with Crippen LogP contribution in [0.1, 0.15) is 36.7 Å². The molecule has 1 fully saturated rings. The van der Waals surface area contributed by atoms with Crippen LogP contribution < -0.4 is 16.0 Å². The van der Waals surface area contributed by atoms with Crippen molar-refractivity contribution in [3.8, 4) is 5.69 Å². The van der Waals surface area contributed by atoms with Crippen LogP contribution >= 0.6 is 0 Å². The smallest absolute Gasteiger partial charge is 0.233 e. The monoisotopic (exact) mass is 425 g/mol. The molecule has 3 rings (SSSR count). The number of rotatable bonds is 7. The van der Waals surface area contributed by atoms with Crippen molar-refractivity contribution in [1.29, 1.82) is 0 Å². The number of hydrogen-bond donors (Lipinski definition) is 3. The Balaban J connectivity index is 1.65. The first kappa shape index (κ1) is 22.8. The number of aromatic nitrogens is 2. The molecule has 31 heavy (non-hydrogen) atoms. The van der Waals surface area contributed by atoms with Gasteiger partial charge in [0.2, 0.25) is 5.91 Å². The van der Waals surface area contributed by atoms with Crippen molar-refractivity contribution in [2.75, 3.05) is 33.2 Å². The Kier molecular flexibility index (Phi) is 8.06. The number of nitrogens with zero attached hydrogens (tertiary/aromatic N) is 4. The quantitative estimate of drug-likeness (QED) is 0.465. The van der Waals surface area contributed by atoms with E-state index in [1.54, 1.807) is 7.05 Å². The van der Waals surface area contributed by atoms with Crippen LogP contribution in [0.5, 0.6) is 0 Å². The van der Waals surface area contributed by atoms with E-state index in [0.717, 1.165) is 61.1 Å².